The Balaban J connectivity index is 2.17. The Bertz CT molecular complexity index is 849. The van der Waals surface area contributed by atoms with Crippen molar-refractivity contribution < 1.29 is 0 Å². The second-order valence-corrected chi connectivity index (χ2v) is 7.31. The highest BCUT2D eigenvalue weighted by molar-refractivity contribution is 6.36. The molecule has 0 unspecified atom stereocenters. The lowest BCUT2D eigenvalue weighted by molar-refractivity contribution is 0.466. The molecule has 0 aliphatic rings. The van der Waals surface area contributed by atoms with E-state index < -0.39 is 0 Å². The van der Waals surface area contributed by atoms with Gasteiger partial charge in [-0.15, -0.1) is 0 Å². The number of halogens is 2. The summed E-state index contributed by atoms with van der Waals surface area (Å²) in [5.74, 6) is 0. The third kappa shape index (κ3) is 3.74. The second kappa shape index (κ2) is 7.13. The molecule has 0 aliphatic heterocycles. The van der Waals surface area contributed by atoms with Gasteiger partial charge in [0.15, 0.2) is 0 Å². The Kier molecular flexibility index (Phi) is 5.58. The number of rotatable bonds is 5. The highest BCUT2D eigenvalue weighted by Crippen LogP contribution is 2.35. The monoisotopic (exact) mass is 369 g/mol. The summed E-state index contributed by atoms with van der Waals surface area (Å²) in [6.45, 7) is 4.99. The van der Waals surface area contributed by atoms with Gasteiger partial charge in [0.1, 0.15) is 0 Å². The Morgan fingerprint density at radius 3 is 2.29 bits per heavy atom. The summed E-state index contributed by atoms with van der Waals surface area (Å²) in [6.07, 6.45) is 1.56. The zero-order chi connectivity index (χ0) is 18.1. The summed E-state index contributed by atoms with van der Waals surface area (Å²) in [5, 5.41) is 4.50. The van der Waals surface area contributed by atoms with Crippen LogP contribution in [-0.2, 0) is 26.1 Å². The van der Waals surface area contributed by atoms with Gasteiger partial charge in [0, 0.05) is 54.4 Å². The quantitative estimate of drug-likeness (QED) is 0.880. The molecule has 130 valence electrons. The fraction of sp³-hybridized carbons (Fsp3) is 0.412. The van der Waals surface area contributed by atoms with Gasteiger partial charge in [-0.3, -0.25) is 9.36 Å². The van der Waals surface area contributed by atoms with Gasteiger partial charge in [-0.05, 0) is 17.7 Å². The lowest BCUT2D eigenvalue weighted by Crippen LogP contribution is -2.40. The highest BCUT2D eigenvalue weighted by Gasteiger charge is 2.25. The van der Waals surface area contributed by atoms with Crippen LogP contribution in [-0.4, -0.2) is 15.7 Å². The number of benzene rings is 1. The van der Waals surface area contributed by atoms with E-state index >= 15 is 0 Å². The van der Waals surface area contributed by atoms with Crippen molar-refractivity contribution >= 4 is 23.2 Å². The van der Waals surface area contributed by atoms with Crippen LogP contribution in [0.4, 0.5) is 0 Å². The van der Waals surface area contributed by atoms with Crippen LogP contribution in [0.2, 0.25) is 10.0 Å². The molecule has 7 heteroatoms. The normalized spacial score (nSPS) is 11.8. The first-order chi connectivity index (χ1) is 11.1. The number of hydrogen-bond donors (Lipinski definition) is 1. The molecule has 0 radical (unpaired) electrons. The molecule has 1 N–H and O–H groups in total. The lowest BCUT2D eigenvalue weighted by atomic mass is 9.84. The van der Waals surface area contributed by atoms with Crippen molar-refractivity contribution in [3.63, 3.8) is 0 Å². The fourth-order valence-electron chi connectivity index (χ4n) is 2.75. The number of nitrogens with zero attached hydrogens (tertiary/aromatic N) is 2. The maximum Gasteiger partial charge on any atom is 0.330 e. The summed E-state index contributed by atoms with van der Waals surface area (Å²) < 4.78 is 2.50. The maximum atomic E-state index is 12.1. The van der Waals surface area contributed by atoms with E-state index in [-0.39, 0.29) is 16.7 Å². The van der Waals surface area contributed by atoms with Gasteiger partial charge in [-0.2, -0.15) is 0 Å². The molecule has 1 aromatic heterocycles. The van der Waals surface area contributed by atoms with E-state index in [4.69, 9.17) is 23.2 Å². The maximum absolute atomic E-state index is 12.1. The Morgan fingerprint density at radius 2 is 1.71 bits per heavy atom. The number of aromatic nitrogens is 2. The molecule has 2 aromatic rings. The number of nitrogens with one attached hydrogen (secondary N) is 1. The van der Waals surface area contributed by atoms with Gasteiger partial charge >= 0.3 is 5.69 Å². The van der Waals surface area contributed by atoms with Crippen LogP contribution >= 0.6 is 23.2 Å². The van der Waals surface area contributed by atoms with E-state index in [0.29, 0.717) is 28.7 Å². The van der Waals surface area contributed by atoms with E-state index in [2.05, 4.69) is 5.32 Å². The predicted molar refractivity (Wildman–Crippen MR) is 98.1 cm³/mol. The molecule has 0 aliphatic carbocycles. The fourth-order valence-corrected chi connectivity index (χ4v) is 3.66. The molecule has 0 bridgehead atoms. The van der Waals surface area contributed by atoms with Crippen molar-refractivity contribution in [2.24, 2.45) is 14.1 Å². The average Bonchev–Trinajstić information content (AvgIpc) is 2.49. The van der Waals surface area contributed by atoms with E-state index in [0.717, 1.165) is 10.1 Å². The highest BCUT2D eigenvalue weighted by atomic mass is 35.5. The number of hydrogen-bond acceptors (Lipinski definition) is 3. The molecule has 0 saturated carbocycles. The first-order valence-electron chi connectivity index (χ1n) is 7.56. The van der Waals surface area contributed by atoms with Crippen LogP contribution in [0.25, 0.3) is 0 Å². The summed E-state index contributed by atoms with van der Waals surface area (Å²) in [7, 11) is 3.10. The van der Waals surface area contributed by atoms with Crippen molar-refractivity contribution in [1.82, 2.24) is 14.5 Å². The van der Waals surface area contributed by atoms with Crippen LogP contribution in [0.15, 0.2) is 34.0 Å². The van der Waals surface area contributed by atoms with E-state index in [1.54, 1.807) is 13.2 Å². The third-order valence-electron chi connectivity index (χ3n) is 4.04. The van der Waals surface area contributed by atoms with Gasteiger partial charge in [0.05, 0.1) is 0 Å². The molecule has 0 amide bonds. The number of aryl methyl sites for hydroxylation is 1. The van der Waals surface area contributed by atoms with Gasteiger partial charge in [-0.1, -0.05) is 43.1 Å². The third-order valence-corrected chi connectivity index (χ3v) is 4.67. The Hall–Kier alpha value is -1.56. The SMILES string of the molecule is Cn1cc(CNCC(C)(C)c2c(Cl)cccc2Cl)c(=O)n(C)c1=O. The Labute approximate surface area is 150 Å². The molecule has 2 rings (SSSR count). The van der Waals surface area contributed by atoms with E-state index in [1.807, 2.05) is 32.0 Å². The van der Waals surface area contributed by atoms with Gasteiger partial charge in [-0.25, -0.2) is 4.79 Å². The summed E-state index contributed by atoms with van der Waals surface area (Å²) in [6, 6.07) is 5.44. The molecule has 0 fully saturated rings. The predicted octanol–water partition coefficient (Wildman–Crippen LogP) is 2.46. The van der Waals surface area contributed by atoms with E-state index in [1.165, 1.54) is 11.6 Å². The topological polar surface area (TPSA) is 56.0 Å². The smallest absolute Gasteiger partial charge is 0.312 e. The van der Waals surface area contributed by atoms with Crippen molar-refractivity contribution in [1.29, 1.82) is 0 Å². The first-order valence-corrected chi connectivity index (χ1v) is 8.31. The molecule has 0 atom stereocenters. The molecule has 0 saturated heterocycles. The van der Waals surface area contributed by atoms with Crippen LogP contribution < -0.4 is 16.6 Å². The van der Waals surface area contributed by atoms with Gasteiger partial charge in [0.2, 0.25) is 0 Å². The first kappa shape index (κ1) is 18.8. The lowest BCUT2D eigenvalue weighted by Gasteiger charge is -2.28. The van der Waals surface area contributed by atoms with E-state index in [9.17, 15) is 9.59 Å². The average molecular weight is 370 g/mol. The van der Waals surface area contributed by atoms with Crippen molar-refractivity contribution in [3.05, 3.63) is 66.4 Å². The zero-order valence-electron chi connectivity index (χ0n) is 14.2. The molecule has 5 nitrogen and oxygen atoms in total. The van der Waals surface area contributed by atoms with Gasteiger partial charge < -0.3 is 9.88 Å². The zero-order valence-corrected chi connectivity index (χ0v) is 15.7. The molecule has 0 spiro atoms. The molecule has 1 heterocycles. The molecular formula is C17H21Cl2N3O2. The van der Waals surface area contributed by atoms with Crippen LogP contribution in [0.1, 0.15) is 25.0 Å². The van der Waals surface area contributed by atoms with Crippen molar-refractivity contribution in [2.75, 3.05) is 6.54 Å². The van der Waals surface area contributed by atoms with Gasteiger partial charge in [0.25, 0.3) is 5.56 Å². The van der Waals surface area contributed by atoms with Crippen molar-refractivity contribution in [3.8, 4) is 0 Å². The van der Waals surface area contributed by atoms with Crippen LogP contribution in [0.3, 0.4) is 0 Å². The molecular weight excluding hydrogens is 349 g/mol. The van der Waals surface area contributed by atoms with Crippen LogP contribution in [0, 0.1) is 0 Å². The minimum Gasteiger partial charge on any atom is -0.312 e. The Morgan fingerprint density at radius 1 is 1.12 bits per heavy atom. The second-order valence-electron chi connectivity index (χ2n) is 6.50. The van der Waals surface area contributed by atoms with Crippen molar-refractivity contribution in [2.45, 2.75) is 25.8 Å². The minimum absolute atomic E-state index is 0.292. The van der Waals surface area contributed by atoms with Crippen LogP contribution in [0.5, 0.6) is 0 Å². The summed E-state index contributed by atoms with van der Waals surface area (Å²) >= 11 is 12.6. The standard InChI is InChI=1S/C17H21Cl2N3O2/c1-17(2,14-12(18)6-5-7-13(14)19)10-20-8-11-9-21(3)16(24)22(4)15(11)23/h5-7,9,20H,8,10H2,1-4H3. The summed E-state index contributed by atoms with van der Waals surface area (Å²) in [5.41, 5.74) is 0.447. The largest absolute Gasteiger partial charge is 0.330 e. The molecule has 1 aromatic carbocycles. The molecule has 24 heavy (non-hydrogen) atoms. The summed E-state index contributed by atoms with van der Waals surface area (Å²) in [4.78, 5) is 23.9. The minimum atomic E-state index is -0.341.